The molecule has 2 amide bonds. The molecule has 0 atom stereocenters. The van der Waals surface area contributed by atoms with E-state index in [2.05, 4.69) is 10.4 Å². The number of carbonyl (C=O) groups excluding carboxylic acids is 2. The van der Waals surface area contributed by atoms with Gasteiger partial charge in [-0.1, -0.05) is 6.07 Å². The van der Waals surface area contributed by atoms with Crippen LogP contribution < -0.4 is 15.7 Å². The van der Waals surface area contributed by atoms with Gasteiger partial charge in [-0.25, -0.2) is 9.48 Å². The number of fused-ring (bicyclic) bond motifs is 1. The average Bonchev–Trinajstić information content (AvgIpc) is 2.92. The van der Waals surface area contributed by atoms with Crippen molar-refractivity contribution in [3.05, 3.63) is 40.6 Å². The highest BCUT2D eigenvalue weighted by atomic mass is 16.5. The van der Waals surface area contributed by atoms with Gasteiger partial charge < -0.3 is 15.0 Å². The number of nitrogens with one attached hydrogen (secondary N) is 1. The van der Waals surface area contributed by atoms with Crippen LogP contribution in [0.4, 0.5) is 5.69 Å². The number of carbonyl (C=O) groups is 2. The predicted octanol–water partition coefficient (Wildman–Crippen LogP) is 0.168. The lowest BCUT2D eigenvalue weighted by Gasteiger charge is -2.24. The minimum absolute atomic E-state index is 0.0762. The highest BCUT2D eigenvalue weighted by Gasteiger charge is 2.28. The van der Waals surface area contributed by atoms with Gasteiger partial charge in [0.25, 0.3) is 5.91 Å². The van der Waals surface area contributed by atoms with Crippen LogP contribution in [0.1, 0.15) is 17.5 Å². The van der Waals surface area contributed by atoms with E-state index in [1.54, 1.807) is 29.2 Å². The lowest BCUT2D eigenvalue weighted by Crippen LogP contribution is -2.42. The maximum Gasteiger partial charge on any atom is 0.346 e. The lowest BCUT2D eigenvalue weighted by molar-refractivity contribution is -0.117. The third kappa shape index (κ3) is 3.25. The summed E-state index contributed by atoms with van der Waals surface area (Å²) in [5, 5.41) is 6.72. The lowest BCUT2D eigenvalue weighted by atomic mass is 10.3. The standard InChI is InChI=1S/C16H19N5O4/c1-3-19-7-8-20-14(15(19)23)18-21(16(20)24)10-13(22)17-11-5-4-6-12(9-11)25-2/h4-6,9H,3,7-8,10H2,1-2H3,(H,17,22). The van der Waals surface area contributed by atoms with Crippen LogP contribution in [0.5, 0.6) is 5.75 Å². The van der Waals surface area contributed by atoms with Gasteiger partial charge in [0.2, 0.25) is 11.7 Å². The summed E-state index contributed by atoms with van der Waals surface area (Å²) >= 11 is 0. The molecule has 132 valence electrons. The molecule has 0 spiro atoms. The zero-order valence-corrected chi connectivity index (χ0v) is 14.1. The Morgan fingerprint density at radius 1 is 1.32 bits per heavy atom. The summed E-state index contributed by atoms with van der Waals surface area (Å²) in [4.78, 5) is 38.4. The number of hydrogen-bond acceptors (Lipinski definition) is 5. The molecule has 1 aromatic carbocycles. The van der Waals surface area contributed by atoms with E-state index in [1.165, 1.54) is 11.7 Å². The summed E-state index contributed by atoms with van der Waals surface area (Å²) in [6.45, 7) is 2.99. The molecule has 0 saturated carbocycles. The molecule has 9 nitrogen and oxygen atoms in total. The molecule has 3 rings (SSSR count). The van der Waals surface area contributed by atoms with Gasteiger partial charge in [0.1, 0.15) is 12.3 Å². The number of aromatic nitrogens is 3. The highest BCUT2D eigenvalue weighted by molar-refractivity contribution is 5.92. The first-order chi connectivity index (χ1) is 12.0. The van der Waals surface area contributed by atoms with Crippen LogP contribution in [0.25, 0.3) is 0 Å². The maximum absolute atomic E-state index is 12.3. The molecule has 1 aromatic heterocycles. The second kappa shape index (κ2) is 6.80. The number of likely N-dealkylation sites (N-methyl/N-ethyl adjacent to an activating group) is 1. The number of rotatable bonds is 5. The van der Waals surface area contributed by atoms with Crippen molar-refractivity contribution in [1.82, 2.24) is 19.2 Å². The Balaban J connectivity index is 1.76. The van der Waals surface area contributed by atoms with Crippen molar-refractivity contribution in [2.75, 3.05) is 25.5 Å². The van der Waals surface area contributed by atoms with Crippen LogP contribution in [0.15, 0.2) is 29.1 Å². The summed E-state index contributed by atoms with van der Waals surface area (Å²) < 4.78 is 7.43. The fourth-order valence-electron chi connectivity index (χ4n) is 2.71. The second-order valence-electron chi connectivity index (χ2n) is 5.58. The van der Waals surface area contributed by atoms with Crippen molar-refractivity contribution < 1.29 is 14.3 Å². The van der Waals surface area contributed by atoms with E-state index in [-0.39, 0.29) is 18.3 Å². The molecule has 25 heavy (non-hydrogen) atoms. The van der Waals surface area contributed by atoms with Gasteiger partial charge in [0.05, 0.1) is 7.11 Å². The third-order valence-corrected chi connectivity index (χ3v) is 4.02. The smallest absolute Gasteiger partial charge is 0.346 e. The number of methoxy groups -OCH3 is 1. The Labute approximate surface area is 143 Å². The molecule has 0 aliphatic carbocycles. The predicted molar refractivity (Wildman–Crippen MR) is 89.7 cm³/mol. The molecular weight excluding hydrogens is 326 g/mol. The van der Waals surface area contributed by atoms with Crippen LogP contribution in [0, 0.1) is 0 Å². The molecule has 0 unspecified atom stereocenters. The maximum atomic E-state index is 12.3. The summed E-state index contributed by atoms with van der Waals surface area (Å²) in [7, 11) is 1.53. The Hall–Kier alpha value is -3.10. The van der Waals surface area contributed by atoms with Crippen LogP contribution in [-0.4, -0.2) is 51.3 Å². The van der Waals surface area contributed by atoms with Crippen LogP contribution >= 0.6 is 0 Å². The van der Waals surface area contributed by atoms with Gasteiger partial charge in [-0.05, 0) is 19.1 Å². The molecule has 1 aliphatic rings. The number of anilines is 1. The topological polar surface area (TPSA) is 98.5 Å². The summed E-state index contributed by atoms with van der Waals surface area (Å²) in [6.07, 6.45) is 0. The van der Waals surface area contributed by atoms with Crippen LogP contribution in [0.2, 0.25) is 0 Å². The molecule has 2 aromatic rings. The Morgan fingerprint density at radius 2 is 2.12 bits per heavy atom. The van der Waals surface area contributed by atoms with Crippen LogP contribution in [-0.2, 0) is 17.9 Å². The zero-order chi connectivity index (χ0) is 18.0. The van der Waals surface area contributed by atoms with E-state index >= 15 is 0 Å². The van der Waals surface area contributed by atoms with Crippen molar-refractivity contribution in [3.8, 4) is 5.75 Å². The summed E-state index contributed by atoms with van der Waals surface area (Å²) in [6, 6.07) is 6.88. The van der Waals surface area contributed by atoms with Gasteiger partial charge in [0, 0.05) is 31.4 Å². The molecule has 2 heterocycles. The molecule has 0 radical (unpaired) electrons. The number of ether oxygens (including phenoxy) is 1. The third-order valence-electron chi connectivity index (χ3n) is 4.02. The largest absolute Gasteiger partial charge is 0.497 e. The van der Waals surface area contributed by atoms with Gasteiger partial charge >= 0.3 is 5.69 Å². The van der Waals surface area contributed by atoms with E-state index in [9.17, 15) is 14.4 Å². The SMILES string of the molecule is CCN1CCn2c(nn(CC(=O)Nc3cccc(OC)c3)c2=O)C1=O. The second-order valence-corrected chi connectivity index (χ2v) is 5.58. The van der Waals surface area contributed by atoms with Crippen molar-refractivity contribution in [2.24, 2.45) is 0 Å². The fourth-order valence-corrected chi connectivity index (χ4v) is 2.71. The van der Waals surface area contributed by atoms with E-state index in [4.69, 9.17) is 4.74 Å². The number of amides is 2. The normalized spacial score (nSPS) is 13.5. The van der Waals surface area contributed by atoms with E-state index in [0.717, 1.165) is 4.68 Å². The highest BCUT2D eigenvalue weighted by Crippen LogP contribution is 2.16. The quantitative estimate of drug-likeness (QED) is 0.833. The molecule has 1 N–H and O–H groups in total. The first kappa shape index (κ1) is 16.7. The number of nitrogens with zero attached hydrogens (tertiary/aromatic N) is 4. The van der Waals surface area contributed by atoms with Crippen molar-refractivity contribution >= 4 is 17.5 Å². The summed E-state index contributed by atoms with van der Waals surface area (Å²) in [5.74, 6) is -0.0200. The van der Waals surface area contributed by atoms with Crippen molar-refractivity contribution in [2.45, 2.75) is 20.0 Å². The zero-order valence-electron chi connectivity index (χ0n) is 14.1. The van der Waals surface area contributed by atoms with Gasteiger partial charge in [0.15, 0.2) is 0 Å². The molecule has 0 fully saturated rings. The van der Waals surface area contributed by atoms with E-state index in [0.29, 0.717) is 31.1 Å². The van der Waals surface area contributed by atoms with E-state index < -0.39 is 11.6 Å². The Morgan fingerprint density at radius 3 is 2.84 bits per heavy atom. The average molecular weight is 345 g/mol. The van der Waals surface area contributed by atoms with Gasteiger partial charge in [-0.2, -0.15) is 0 Å². The first-order valence-corrected chi connectivity index (χ1v) is 7.94. The minimum atomic E-state index is -0.458. The Kier molecular flexibility index (Phi) is 4.55. The molecule has 0 bridgehead atoms. The van der Waals surface area contributed by atoms with Crippen molar-refractivity contribution in [1.29, 1.82) is 0 Å². The fraction of sp³-hybridized carbons (Fsp3) is 0.375. The number of benzene rings is 1. The molecule has 9 heteroatoms. The molecule has 0 saturated heterocycles. The van der Waals surface area contributed by atoms with E-state index in [1.807, 2.05) is 6.92 Å². The monoisotopic (exact) mass is 345 g/mol. The summed E-state index contributed by atoms with van der Waals surface area (Å²) in [5.41, 5.74) is 0.0921. The first-order valence-electron chi connectivity index (χ1n) is 7.94. The van der Waals surface area contributed by atoms with Crippen molar-refractivity contribution in [3.63, 3.8) is 0 Å². The van der Waals surface area contributed by atoms with Crippen LogP contribution in [0.3, 0.4) is 0 Å². The number of hydrogen-bond donors (Lipinski definition) is 1. The molecular formula is C16H19N5O4. The van der Waals surface area contributed by atoms with Gasteiger partial charge in [-0.3, -0.25) is 14.2 Å². The van der Waals surface area contributed by atoms with Gasteiger partial charge in [-0.15, -0.1) is 5.10 Å². The minimum Gasteiger partial charge on any atom is -0.497 e. The Bertz CT molecular complexity index is 870. The molecule has 1 aliphatic heterocycles.